The molecule has 0 atom stereocenters. The maximum atomic E-state index is 13.4. The van der Waals surface area contributed by atoms with E-state index in [2.05, 4.69) is 4.98 Å². The number of fused-ring (bicyclic) bond motifs is 1. The van der Waals surface area contributed by atoms with Gasteiger partial charge in [0.2, 0.25) is 0 Å². The predicted molar refractivity (Wildman–Crippen MR) is 64.4 cm³/mol. The normalized spacial score (nSPS) is 11.9. The Bertz CT molecular complexity index is 779. The van der Waals surface area contributed by atoms with Gasteiger partial charge >= 0.3 is 6.18 Å². The lowest BCUT2D eigenvalue weighted by molar-refractivity contribution is -0.136. The summed E-state index contributed by atoms with van der Waals surface area (Å²) in [6, 6.07) is 1.09. The first kappa shape index (κ1) is 14.4. The molecule has 0 bridgehead atoms. The summed E-state index contributed by atoms with van der Waals surface area (Å²) in [5.41, 5.74) is -2.72. The van der Waals surface area contributed by atoms with Gasteiger partial charge in [-0.25, -0.2) is 9.37 Å². The van der Waals surface area contributed by atoms with Crippen LogP contribution in [0.3, 0.4) is 0 Å². The van der Waals surface area contributed by atoms with Gasteiger partial charge in [-0.15, -0.1) is 0 Å². The van der Waals surface area contributed by atoms with Gasteiger partial charge in [-0.2, -0.15) is 13.2 Å². The minimum Gasteiger partial charge on any atom is -0.288 e. The number of alkyl halides is 3. The first-order chi connectivity index (χ1) is 9.12. The third-order valence-electron chi connectivity index (χ3n) is 2.57. The van der Waals surface area contributed by atoms with Gasteiger partial charge in [-0.05, 0) is 13.0 Å². The van der Waals surface area contributed by atoms with Gasteiger partial charge in [0.25, 0.3) is 0 Å². The average Bonchev–Trinajstić information content (AvgIpc) is 2.28. The number of benzene rings is 1. The van der Waals surface area contributed by atoms with Crippen molar-refractivity contribution >= 4 is 28.5 Å². The Hall–Kier alpha value is -1.96. The molecule has 1 aromatic heterocycles. The standard InChI is InChI=1S/C11H7ClF4N4/c1-4(17)20-7-3-5(13)2-6(11(14,15)16)8(7)19-9(12)10(20)18/h2-3,17-18H,1H3. The Kier molecular flexibility index (Phi) is 3.29. The fourth-order valence-corrected chi connectivity index (χ4v) is 1.97. The number of hydrogen-bond donors (Lipinski definition) is 2. The van der Waals surface area contributed by atoms with E-state index in [1.54, 1.807) is 0 Å². The molecule has 0 aliphatic heterocycles. The Labute approximate surface area is 114 Å². The van der Waals surface area contributed by atoms with Gasteiger partial charge in [0, 0.05) is 6.07 Å². The quantitative estimate of drug-likeness (QED) is 0.438. The summed E-state index contributed by atoms with van der Waals surface area (Å²) in [5.74, 6) is -1.41. The summed E-state index contributed by atoms with van der Waals surface area (Å²) in [4.78, 5) is 3.50. The molecule has 1 aromatic carbocycles. The molecule has 0 aliphatic rings. The van der Waals surface area contributed by atoms with Crippen LogP contribution in [0.5, 0.6) is 0 Å². The number of hydrogen-bond acceptors (Lipinski definition) is 3. The van der Waals surface area contributed by atoms with E-state index in [1.807, 2.05) is 0 Å². The molecule has 2 N–H and O–H groups in total. The molecule has 0 saturated heterocycles. The Balaban J connectivity index is 3.09. The largest absolute Gasteiger partial charge is 0.418 e. The summed E-state index contributed by atoms with van der Waals surface area (Å²) < 4.78 is 52.9. The fraction of sp³-hybridized carbons (Fsp3) is 0.182. The second-order valence-electron chi connectivity index (χ2n) is 3.99. The number of halogens is 5. The highest BCUT2D eigenvalue weighted by atomic mass is 35.5. The molecular formula is C11H7ClF4N4. The van der Waals surface area contributed by atoms with Gasteiger partial charge in [-0.1, -0.05) is 11.6 Å². The van der Waals surface area contributed by atoms with Crippen LogP contribution >= 0.6 is 11.6 Å². The van der Waals surface area contributed by atoms with Crippen molar-refractivity contribution in [3.63, 3.8) is 0 Å². The molecule has 9 heteroatoms. The van der Waals surface area contributed by atoms with Crippen LogP contribution in [-0.4, -0.2) is 15.4 Å². The second kappa shape index (κ2) is 4.55. The summed E-state index contributed by atoms with van der Waals surface area (Å²) >= 11 is 5.62. The second-order valence-corrected chi connectivity index (χ2v) is 4.35. The lowest BCUT2D eigenvalue weighted by Gasteiger charge is -2.14. The molecular weight excluding hydrogens is 300 g/mol. The van der Waals surface area contributed by atoms with E-state index in [-0.39, 0.29) is 11.4 Å². The van der Waals surface area contributed by atoms with E-state index in [0.29, 0.717) is 6.07 Å². The number of nitrogens with zero attached hydrogens (tertiary/aromatic N) is 2. The summed E-state index contributed by atoms with van der Waals surface area (Å²) in [6.45, 7) is 1.24. The zero-order valence-electron chi connectivity index (χ0n) is 9.94. The highest BCUT2D eigenvalue weighted by Gasteiger charge is 2.35. The number of nitrogens with one attached hydrogen (secondary N) is 2. The van der Waals surface area contributed by atoms with Crippen LogP contribution in [0.1, 0.15) is 12.5 Å². The first-order valence-corrected chi connectivity index (χ1v) is 5.60. The van der Waals surface area contributed by atoms with E-state index >= 15 is 0 Å². The van der Waals surface area contributed by atoms with Crippen LogP contribution in [0, 0.1) is 16.6 Å². The Morgan fingerprint density at radius 1 is 1.35 bits per heavy atom. The van der Waals surface area contributed by atoms with Crippen molar-refractivity contribution in [2.45, 2.75) is 13.1 Å². The molecule has 1 heterocycles. The molecule has 0 amide bonds. The minimum atomic E-state index is -4.83. The van der Waals surface area contributed by atoms with Gasteiger partial charge in [0.1, 0.15) is 17.2 Å². The van der Waals surface area contributed by atoms with Crippen molar-refractivity contribution in [2.75, 3.05) is 0 Å². The Morgan fingerprint density at radius 2 is 1.95 bits per heavy atom. The zero-order chi connectivity index (χ0) is 15.2. The summed E-state index contributed by atoms with van der Waals surface area (Å²) in [6.07, 6.45) is -4.83. The van der Waals surface area contributed by atoms with Crippen LogP contribution in [0.15, 0.2) is 12.1 Å². The maximum absolute atomic E-state index is 13.4. The van der Waals surface area contributed by atoms with Gasteiger partial charge in [-0.3, -0.25) is 15.4 Å². The van der Waals surface area contributed by atoms with Crippen molar-refractivity contribution in [1.82, 2.24) is 9.55 Å². The molecule has 0 saturated carbocycles. The third kappa shape index (κ3) is 2.26. The van der Waals surface area contributed by atoms with E-state index < -0.39 is 33.7 Å². The fourth-order valence-electron chi connectivity index (χ4n) is 1.80. The van der Waals surface area contributed by atoms with Crippen LogP contribution in [0.2, 0.25) is 5.15 Å². The van der Waals surface area contributed by atoms with Gasteiger partial charge in [0.15, 0.2) is 10.6 Å². The van der Waals surface area contributed by atoms with Crippen LogP contribution in [-0.2, 0) is 6.18 Å². The molecule has 20 heavy (non-hydrogen) atoms. The molecule has 0 aliphatic carbocycles. The molecule has 2 rings (SSSR count). The first-order valence-electron chi connectivity index (χ1n) is 5.22. The van der Waals surface area contributed by atoms with Crippen LogP contribution in [0.25, 0.3) is 11.0 Å². The summed E-state index contributed by atoms with van der Waals surface area (Å²) in [7, 11) is 0. The lowest BCUT2D eigenvalue weighted by Crippen LogP contribution is -2.27. The van der Waals surface area contributed by atoms with Crippen molar-refractivity contribution in [2.24, 2.45) is 0 Å². The molecule has 0 radical (unpaired) electrons. The van der Waals surface area contributed by atoms with Crippen molar-refractivity contribution in [3.05, 3.63) is 34.2 Å². The SMILES string of the molecule is CC(=N)n1c(=N)c(Cl)nc2c(C(F)(F)F)cc(F)cc21. The smallest absolute Gasteiger partial charge is 0.288 e. The van der Waals surface area contributed by atoms with Crippen molar-refractivity contribution < 1.29 is 17.6 Å². The number of rotatable bonds is 0. The maximum Gasteiger partial charge on any atom is 0.418 e. The van der Waals surface area contributed by atoms with E-state index in [0.717, 1.165) is 10.6 Å². The third-order valence-corrected chi connectivity index (χ3v) is 2.83. The van der Waals surface area contributed by atoms with Crippen molar-refractivity contribution in [1.29, 1.82) is 10.8 Å². The van der Waals surface area contributed by atoms with E-state index in [9.17, 15) is 17.6 Å². The molecule has 106 valence electrons. The van der Waals surface area contributed by atoms with Gasteiger partial charge in [0.05, 0.1) is 11.1 Å². The van der Waals surface area contributed by atoms with Crippen LogP contribution < -0.4 is 5.49 Å². The average molecular weight is 307 g/mol. The minimum absolute atomic E-state index is 0.275. The predicted octanol–water partition coefficient (Wildman–Crippen LogP) is 3.17. The molecule has 2 aromatic rings. The molecule has 0 spiro atoms. The van der Waals surface area contributed by atoms with Crippen molar-refractivity contribution in [3.8, 4) is 0 Å². The molecule has 0 fully saturated rings. The molecule has 0 unspecified atom stereocenters. The van der Waals surface area contributed by atoms with E-state index in [4.69, 9.17) is 22.4 Å². The highest BCUT2D eigenvalue weighted by molar-refractivity contribution is 6.29. The van der Waals surface area contributed by atoms with Crippen LogP contribution in [0.4, 0.5) is 17.6 Å². The summed E-state index contributed by atoms with van der Waals surface area (Å²) in [5, 5.41) is 14.6. The zero-order valence-corrected chi connectivity index (χ0v) is 10.7. The number of aromatic nitrogens is 2. The van der Waals surface area contributed by atoms with E-state index in [1.165, 1.54) is 6.92 Å². The monoisotopic (exact) mass is 306 g/mol. The topological polar surface area (TPSA) is 65.5 Å². The van der Waals surface area contributed by atoms with Gasteiger partial charge < -0.3 is 0 Å². The molecule has 4 nitrogen and oxygen atoms in total. The highest BCUT2D eigenvalue weighted by Crippen LogP contribution is 2.34. The lowest BCUT2D eigenvalue weighted by atomic mass is 10.1. The Morgan fingerprint density at radius 3 is 2.45 bits per heavy atom.